The van der Waals surface area contributed by atoms with Gasteiger partial charge in [-0.05, 0) is 49.8 Å². The van der Waals surface area contributed by atoms with Crippen molar-refractivity contribution in [2.24, 2.45) is 0 Å². The number of aromatic nitrogens is 1. The summed E-state index contributed by atoms with van der Waals surface area (Å²) in [5.74, 6) is 2.53. The summed E-state index contributed by atoms with van der Waals surface area (Å²) in [5.41, 5.74) is 2.37. The maximum atomic E-state index is 4.48. The van der Waals surface area contributed by atoms with Crippen LogP contribution in [0.4, 0.5) is 0 Å². The normalized spacial score (nSPS) is 10.4. The van der Waals surface area contributed by atoms with Gasteiger partial charge in [-0.3, -0.25) is 4.98 Å². The Hall–Kier alpha value is -0.500. The van der Waals surface area contributed by atoms with E-state index in [4.69, 9.17) is 0 Å². The van der Waals surface area contributed by atoms with Crippen LogP contribution < -0.4 is 0 Å². The monoisotopic (exact) mass is 209 g/mol. The van der Waals surface area contributed by atoms with Gasteiger partial charge in [-0.15, -0.1) is 0 Å². The van der Waals surface area contributed by atoms with E-state index in [9.17, 15) is 0 Å². The van der Waals surface area contributed by atoms with Gasteiger partial charge in [0.25, 0.3) is 0 Å². The largest absolute Gasteiger partial charge is 0.258 e. The third-order valence-corrected chi connectivity index (χ3v) is 3.11. The van der Waals surface area contributed by atoms with Crippen molar-refractivity contribution in [3.05, 3.63) is 29.6 Å². The lowest BCUT2D eigenvalue weighted by molar-refractivity contribution is 0.780. The summed E-state index contributed by atoms with van der Waals surface area (Å²) >= 11 is 2.03. The minimum Gasteiger partial charge on any atom is -0.258 e. The van der Waals surface area contributed by atoms with Crippen molar-refractivity contribution >= 4 is 11.8 Å². The number of hydrogen-bond donors (Lipinski definition) is 0. The molecule has 1 rings (SSSR count). The second-order valence-electron chi connectivity index (χ2n) is 3.42. The lowest BCUT2D eigenvalue weighted by Gasteiger charge is -2.01. The molecule has 0 aromatic carbocycles. The van der Waals surface area contributed by atoms with E-state index in [0.29, 0.717) is 0 Å². The van der Waals surface area contributed by atoms with E-state index < -0.39 is 0 Å². The molecule has 0 unspecified atom stereocenters. The summed E-state index contributed by atoms with van der Waals surface area (Å²) in [5, 5.41) is 0. The van der Waals surface area contributed by atoms with Crippen LogP contribution in [-0.2, 0) is 6.42 Å². The fourth-order valence-electron chi connectivity index (χ4n) is 1.39. The molecule has 78 valence electrons. The van der Waals surface area contributed by atoms with Gasteiger partial charge in [-0.25, -0.2) is 0 Å². The van der Waals surface area contributed by atoms with Crippen molar-refractivity contribution < 1.29 is 0 Å². The molecule has 0 radical (unpaired) electrons. The molecule has 0 saturated carbocycles. The first kappa shape index (κ1) is 11.6. The minimum absolute atomic E-state index is 1.13. The quantitative estimate of drug-likeness (QED) is 0.665. The van der Waals surface area contributed by atoms with E-state index in [2.05, 4.69) is 37.0 Å². The third-order valence-electron chi connectivity index (χ3n) is 2.12. The number of pyridine rings is 1. The summed E-state index contributed by atoms with van der Waals surface area (Å²) in [4.78, 5) is 4.48. The molecule has 0 N–H and O–H groups in total. The fraction of sp³-hybridized carbons (Fsp3) is 0.583. The van der Waals surface area contributed by atoms with Crippen molar-refractivity contribution in [3.8, 4) is 0 Å². The van der Waals surface area contributed by atoms with Crippen LogP contribution in [0.1, 0.15) is 31.2 Å². The highest BCUT2D eigenvalue weighted by atomic mass is 32.2. The smallest absolute Gasteiger partial charge is 0.0406 e. The number of unbranched alkanes of at least 4 members (excludes halogenated alkanes) is 1. The Balaban J connectivity index is 2.18. The zero-order valence-electron chi connectivity index (χ0n) is 9.12. The molecule has 0 fully saturated rings. The predicted octanol–water partition coefficient (Wildman–Crippen LogP) is 3.47. The van der Waals surface area contributed by atoms with E-state index in [1.807, 2.05) is 11.8 Å². The number of aryl methyl sites for hydroxylation is 2. The van der Waals surface area contributed by atoms with Crippen LogP contribution in [-0.4, -0.2) is 16.5 Å². The van der Waals surface area contributed by atoms with Crippen LogP contribution in [0.2, 0.25) is 0 Å². The van der Waals surface area contributed by atoms with Gasteiger partial charge in [0.15, 0.2) is 0 Å². The second-order valence-corrected chi connectivity index (χ2v) is 4.82. The Kier molecular flexibility index (Phi) is 5.69. The Bertz CT molecular complexity index is 260. The second kappa shape index (κ2) is 6.88. The van der Waals surface area contributed by atoms with Crippen molar-refractivity contribution in [2.45, 2.75) is 33.1 Å². The van der Waals surface area contributed by atoms with E-state index in [1.165, 1.54) is 30.0 Å². The Morgan fingerprint density at radius 3 is 2.86 bits per heavy atom. The van der Waals surface area contributed by atoms with Gasteiger partial charge in [0.05, 0.1) is 0 Å². The van der Waals surface area contributed by atoms with Gasteiger partial charge in [-0.1, -0.05) is 13.0 Å². The number of rotatable bonds is 6. The van der Waals surface area contributed by atoms with Crippen molar-refractivity contribution in [3.63, 3.8) is 0 Å². The first-order valence-corrected chi connectivity index (χ1v) is 6.48. The van der Waals surface area contributed by atoms with E-state index in [0.717, 1.165) is 12.1 Å². The van der Waals surface area contributed by atoms with Gasteiger partial charge >= 0.3 is 0 Å². The first-order valence-electron chi connectivity index (χ1n) is 5.33. The van der Waals surface area contributed by atoms with Gasteiger partial charge in [0.1, 0.15) is 0 Å². The molecule has 0 saturated heterocycles. The molecule has 14 heavy (non-hydrogen) atoms. The van der Waals surface area contributed by atoms with Crippen molar-refractivity contribution in [2.75, 3.05) is 11.5 Å². The van der Waals surface area contributed by atoms with E-state index >= 15 is 0 Å². The zero-order valence-corrected chi connectivity index (χ0v) is 9.94. The van der Waals surface area contributed by atoms with Crippen molar-refractivity contribution in [1.29, 1.82) is 0 Å². The Morgan fingerprint density at radius 2 is 2.14 bits per heavy atom. The molecule has 2 heteroatoms. The molecular formula is C12H19NS. The molecule has 0 bridgehead atoms. The summed E-state index contributed by atoms with van der Waals surface area (Å²) in [6, 6.07) is 6.27. The number of hydrogen-bond acceptors (Lipinski definition) is 2. The molecule has 1 heterocycles. The van der Waals surface area contributed by atoms with E-state index in [-0.39, 0.29) is 0 Å². The fourth-order valence-corrected chi connectivity index (χ4v) is 2.09. The SMILES string of the molecule is CCSCCCCc1cccc(C)n1. The summed E-state index contributed by atoms with van der Waals surface area (Å²) in [6.07, 6.45) is 3.71. The van der Waals surface area contributed by atoms with Crippen LogP contribution in [0, 0.1) is 6.92 Å². The summed E-state index contributed by atoms with van der Waals surface area (Å²) in [6.45, 7) is 4.27. The molecule has 0 atom stereocenters. The molecule has 0 aliphatic carbocycles. The minimum atomic E-state index is 1.13. The molecule has 0 aliphatic heterocycles. The summed E-state index contributed by atoms with van der Waals surface area (Å²) < 4.78 is 0. The highest BCUT2D eigenvalue weighted by molar-refractivity contribution is 7.99. The Labute approximate surface area is 91.3 Å². The van der Waals surface area contributed by atoms with Crippen LogP contribution in [0.5, 0.6) is 0 Å². The molecule has 1 aromatic heterocycles. The zero-order chi connectivity index (χ0) is 10.2. The number of nitrogens with zero attached hydrogens (tertiary/aromatic N) is 1. The Morgan fingerprint density at radius 1 is 1.29 bits per heavy atom. The van der Waals surface area contributed by atoms with Crippen LogP contribution >= 0.6 is 11.8 Å². The maximum Gasteiger partial charge on any atom is 0.0406 e. The van der Waals surface area contributed by atoms with E-state index in [1.54, 1.807) is 0 Å². The van der Waals surface area contributed by atoms with Gasteiger partial charge in [0, 0.05) is 11.4 Å². The van der Waals surface area contributed by atoms with Crippen LogP contribution in [0.25, 0.3) is 0 Å². The van der Waals surface area contributed by atoms with Gasteiger partial charge < -0.3 is 0 Å². The molecule has 0 aliphatic rings. The average Bonchev–Trinajstić information content (AvgIpc) is 2.18. The maximum absolute atomic E-state index is 4.48. The predicted molar refractivity (Wildman–Crippen MR) is 64.9 cm³/mol. The van der Waals surface area contributed by atoms with Crippen LogP contribution in [0.15, 0.2) is 18.2 Å². The highest BCUT2D eigenvalue weighted by Gasteiger charge is 1.95. The molecule has 1 nitrogen and oxygen atoms in total. The average molecular weight is 209 g/mol. The number of thioether (sulfide) groups is 1. The molecule has 1 aromatic rings. The van der Waals surface area contributed by atoms with Gasteiger partial charge in [0.2, 0.25) is 0 Å². The van der Waals surface area contributed by atoms with Crippen molar-refractivity contribution in [1.82, 2.24) is 4.98 Å². The lowest BCUT2D eigenvalue weighted by atomic mass is 10.2. The molecule has 0 amide bonds. The molecule has 0 spiro atoms. The highest BCUT2D eigenvalue weighted by Crippen LogP contribution is 2.07. The van der Waals surface area contributed by atoms with Crippen LogP contribution in [0.3, 0.4) is 0 Å². The molecular weight excluding hydrogens is 190 g/mol. The lowest BCUT2D eigenvalue weighted by Crippen LogP contribution is -1.92. The summed E-state index contributed by atoms with van der Waals surface area (Å²) in [7, 11) is 0. The third kappa shape index (κ3) is 4.66. The topological polar surface area (TPSA) is 12.9 Å². The van der Waals surface area contributed by atoms with Gasteiger partial charge in [-0.2, -0.15) is 11.8 Å². The standard InChI is InChI=1S/C12H19NS/c1-3-14-10-5-4-8-12-9-6-7-11(2)13-12/h6-7,9H,3-5,8,10H2,1-2H3. The first-order chi connectivity index (χ1) is 6.83.